The molecule has 0 aromatic rings. The van der Waals surface area contributed by atoms with Crippen LogP contribution in [0.1, 0.15) is 40.0 Å². The number of carbonyl (C=O) groups is 1. The van der Waals surface area contributed by atoms with E-state index in [0.717, 1.165) is 19.3 Å². The molecule has 1 heterocycles. The van der Waals surface area contributed by atoms with Gasteiger partial charge in [-0.25, -0.2) is 0 Å². The van der Waals surface area contributed by atoms with Gasteiger partial charge >= 0.3 is 0 Å². The molecule has 1 aliphatic heterocycles. The van der Waals surface area contributed by atoms with E-state index in [4.69, 9.17) is 10.5 Å². The lowest BCUT2D eigenvalue weighted by Gasteiger charge is -2.45. The zero-order chi connectivity index (χ0) is 13.3. The summed E-state index contributed by atoms with van der Waals surface area (Å²) in [5.74, 6) is 0.841. The summed E-state index contributed by atoms with van der Waals surface area (Å²) in [5, 5.41) is 0. The summed E-state index contributed by atoms with van der Waals surface area (Å²) in [6.45, 7) is 8.34. The van der Waals surface area contributed by atoms with E-state index in [1.54, 1.807) is 0 Å². The van der Waals surface area contributed by atoms with Crippen molar-refractivity contribution in [1.29, 1.82) is 0 Å². The molecule has 2 fully saturated rings. The molecule has 3 unspecified atom stereocenters. The molecule has 18 heavy (non-hydrogen) atoms. The monoisotopic (exact) mass is 254 g/mol. The Morgan fingerprint density at radius 3 is 2.78 bits per heavy atom. The van der Waals surface area contributed by atoms with Crippen molar-refractivity contribution in [2.45, 2.75) is 51.6 Å². The number of nitrogens with zero attached hydrogens (tertiary/aromatic N) is 1. The van der Waals surface area contributed by atoms with Crippen molar-refractivity contribution in [1.82, 2.24) is 4.90 Å². The van der Waals surface area contributed by atoms with Crippen LogP contribution in [0.5, 0.6) is 0 Å². The molecule has 1 saturated heterocycles. The Morgan fingerprint density at radius 2 is 2.11 bits per heavy atom. The fraction of sp³-hybridized carbons (Fsp3) is 0.929. The molecule has 4 heteroatoms. The predicted molar refractivity (Wildman–Crippen MR) is 71.1 cm³/mol. The molecular formula is C14H26N2O2. The maximum absolute atomic E-state index is 12.7. The van der Waals surface area contributed by atoms with Crippen molar-refractivity contribution in [2.75, 3.05) is 19.8 Å². The second-order valence-electron chi connectivity index (χ2n) is 6.51. The predicted octanol–water partition coefficient (Wildman–Crippen LogP) is 1.39. The molecule has 104 valence electrons. The largest absolute Gasteiger partial charge is 0.377 e. The number of nitrogens with two attached hydrogens (primary N) is 1. The van der Waals surface area contributed by atoms with Gasteiger partial charge in [-0.3, -0.25) is 4.79 Å². The van der Waals surface area contributed by atoms with Gasteiger partial charge in [0, 0.05) is 18.5 Å². The Bertz CT molecular complexity index is 317. The van der Waals surface area contributed by atoms with E-state index in [-0.39, 0.29) is 23.4 Å². The van der Waals surface area contributed by atoms with Crippen LogP contribution in [0.15, 0.2) is 0 Å². The molecule has 1 amide bonds. The smallest absolute Gasteiger partial charge is 0.226 e. The summed E-state index contributed by atoms with van der Waals surface area (Å²) in [6.07, 6.45) is 2.97. The van der Waals surface area contributed by atoms with Crippen LogP contribution in [-0.4, -0.2) is 42.1 Å². The SMILES string of the molecule is CC1CCC(N)CC1C(=O)N1CCOCC1(C)C. The van der Waals surface area contributed by atoms with E-state index in [0.29, 0.717) is 25.7 Å². The number of rotatable bonds is 1. The Morgan fingerprint density at radius 1 is 1.39 bits per heavy atom. The summed E-state index contributed by atoms with van der Waals surface area (Å²) >= 11 is 0. The van der Waals surface area contributed by atoms with E-state index in [2.05, 4.69) is 20.8 Å². The molecule has 2 N–H and O–H groups in total. The third-order valence-electron chi connectivity index (χ3n) is 4.46. The van der Waals surface area contributed by atoms with Crippen molar-refractivity contribution in [2.24, 2.45) is 17.6 Å². The maximum atomic E-state index is 12.7. The summed E-state index contributed by atoms with van der Waals surface area (Å²) in [6, 6.07) is 0.194. The Hall–Kier alpha value is -0.610. The van der Waals surface area contributed by atoms with Gasteiger partial charge in [0.05, 0.1) is 18.8 Å². The fourth-order valence-corrected chi connectivity index (χ4v) is 3.17. The second-order valence-corrected chi connectivity index (χ2v) is 6.51. The van der Waals surface area contributed by atoms with Crippen LogP contribution >= 0.6 is 0 Å². The highest BCUT2D eigenvalue weighted by atomic mass is 16.5. The quantitative estimate of drug-likeness (QED) is 0.769. The number of ether oxygens (including phenoxy) is 1. The van der Waals surface area contributed by atoms with Gasteiger partial charge in [0.25, 0.3) is 0 Å². The Labute approximate surface area is 110 Å². The summed E-state index contributed by atoms with van der Waals surface area (Å²) < 4.78 is 5.48. The van der Waals surface area contributed by atoms with Crippen LogP contribution in [0.2, 0.25) is 0 Å². The van der Waals surface area contributed by atoms with Gasteiger partial charge in [-0.1, -0.05) is 6.92 Å². The molecule has 3 atom stereocenters. The summed E-state index contributed by atoms with van der Waals surface area (Å²) in [5.41, 5.74) is 5.84. The second kappa shape index (κ2) is 5.17. The van der Waals surface area contributed by atoms with Crippen LogP contribution in [0.25, 0.3) is 0 Å². The topological polar surface area (TPSA) is 55.6 Å². The van der Waals surface area contributed by atoms with Crippen LogP contribution in [-0.2, 0) is 9.53 Å². The number of morpholine rings is 1. The highest BCUT2D eigenvalue weighted by Crippen LogP contribution is 2.33. The zero-order valence-corrected chi connectivity index (χ0v) is 11.8. The van der Waals surface area contributed by atoms with E-state index < -0.39 is 0 Å². The highest BCUT2D eigenvalue weighted by molar-refractivity contribution is 5.80. The molecule has 1 aliphatic carbocycles. The number of hydrogen-bond donors (Lipinski definition) is 1. The van der Waals surface area contributed by atoms with Crippen LogP contribution in [0.3, 0.4) is 0 Å². The van der Waals surface area contributed by atoms with Gasteiger partial charge in [-0.2, -0.15) is 0 Å². The lowest BCUT2D eigenvalue weighted by Crippen LogP contribution is -2.58. The first-order chi connectivity index (χ1) is 8.42. The molecule has 1 saturated carbocycles. The third kappa shape index (κ3) is 2.69. The maximum Gasteiger partial charge on any atom is 0.226 e. The average molecular weight is 254 g/mol. The molecular weight excluding hydrogens is 228 g/mol. The molecule has 0 aromatic heterocycles. The van der Waals surface area contributed by atoms with Crippen molar-refractivity contribution in [3.8, 4) is 0 Å². The first kappa shape index (κ1) is 13.8. The van der Waals surface area contributed by atoms with Crippen molar-refractivity contribution < 1.29 is 9.53 Å². The van der Waals surface area contributed by atoms with Crippen LogP contribution in [0.4, 0.5) is 0 Å². The molecule has 0 radical (unpaired) electrons. The number of carbonyl (C=O) groups excluding carboxylic acids is 1. The number of amides is 1. The van der Waals surface area contributed by atoms with Gasteiger partial charge in [0.1, 0.15) is 0 Å². The Kier molecular flexibility index (Phi) is 3.97. The molecule has 4 nitrogen and oxygen atoms in total. The normalized spacial score (nSPS) is 36.4. The average Bonchev–Trinajstić information content (AvgIpc) is 2.31. The van der Waals surface area contributed by atoms with E-state index in [1.807, 2.05) is 4.90 Å². The first-order valence-electron chi connectivity index (χ1n) is 7.06. The van der Waals surface area contributed by atoms with Gasteiger partial charge in [0.15, 0.2) is 0 Å². The molecule has 0 spiro atoms. The first-order valence-corrected chi connectivity index (χ1v) is 7.06. The van der Waals surface area contributed by atoms with E-state index in [1.165, 1.54) is 0 Å². The fourth-order valence-electron chi connectivity index (χ4n) is 3.17. The van der Waals surface area contributed by atoms with Crippen LogP contribution in [0, 0.1) is 11.8 Å². The minimum absolute atomic E-state index is 0.103. The minimum atomic E-state index is -0.184. The standard InChI is InChI=1S/C14H26N2O2/c1-10-4-5-11(15)8-12(10)13(17)16-6-7-18-9-14(16,2)3/h10-12H,4-9,15H2,1-3H3. The lowest BCUT2D eigenvalue weighted by molar-refractivity contribution is -0.153. The van der Waals surface area contributed by atoms with Gasteiger partial charge in [0.2, 0.25) is 5.91 Å². The molecule has 2 rings (SSSR count). The number of hydrogen-bond acceptors (Lipinski definition) is 3. The third-order valence-corrected chi connectivity index (χ3v) is 4.46. The molecule has 0 bridgehead atoms. The summed E-state index contributed by atoms with van der Waals surface area (Å²) in [7, 11) is 0. The molecule has 2 aliphatic rings. The van der Waals surface area contributed by atoms with Crippen molar-refractivity contribution >= 4 is 5.91 Å². The van der Waals surface area contributed by atoms with Gasteiger partial charge < -0.3 is 15.4 Å². The van der Waals surface area contributed by atoms with Crippen LogP contribution < -0.4 is 5.73 Å². The van der Waals surface area contributed by atoms with Gasteiger partial charge in [-0.05, 0) is 39.0 Å². The lowest BCUT2D eigenvalue weighted by atomic mass is 9.77. The van der Waals surface area contributed by atoms with Crippen molar-refractivity contribution in [3.63, 3.8) is 0 Å². The van der Waals surface area contributed by atoms with Crippen molar-refractivity contribution in [3.05, 3.63) is 0 Å². The van der Waals surface area contributed by atoms with E-state index >= 15 is 0 Å². The highest BCUT2D eigenvalue weighted by Gasteiger charge is 2.40. The minimum Gasteiger partial charge on any atom is -0.377 e. The van der Waals surface area contributed by atoms with Gasteiger partial charge in [-0.15, -0.1) is 0 Å². The summed E-state index contributed by atoms with van der Waals surface area (Å²) in [4.78, 5) is 14.7. The molecule has 0 aromatic carbocycles. The van der Waals surface area contributed by atoms with E-state index in [9.17, 15) is 4.79 Å². The zero-order valence-electron chi connectivity index (χ0n) is 11.8. The Balaban J connectivity index is 2.09.